The van der Waals surface area contributed by atoms with Gasteiger partial charge in [0.1, 0.15) is 0 Å². The lowest BCUT2D eigenvalue weighted by molar-refractivity contribution is -0.138. The number of ether oxygens (including phenoxy) is 1. The number of morpholine rings is 1. The fourth-order valence-electron chi connectivity index (χ4n) is 3.62. The van der Waals surface area contributed by atoms with E-state index in [1.54, 1.807) is 19.9 Å². The van der Waals surface area contributed by atoms with Gasteiger partial charge in [-0.15, -0.1) is 5.10 Å². The van der Waals surface area contributed by atoms with Gasteiger partial charge >= 0.3 is 6.18 Å². The van der Waals surface area contributed by atoms with Crippen LogP contribution in [-0.4, -0.2) is 59.8 Å². The van der Waals surface area contributed by atoms with Crippen LogP contribution in [-0.2, 0) is 17.5 Å². The van der Waals surface area contributed by atoms with Crippen LogP contribution in [0.25, 0.3) is 0 Å². The predicted octanol–water partition coefficient (Wildman–Crippen LogP) is 2.05. The largest absolute Gasteiger partial charge is 0.416 e. The maximum atomic E-state index is 13.8. The Labute approximate surface area is 202 Å². The van der Waals surface area contributed by atoms with Gasteiger partial charge in [-0.3, -0.25) is 0 Å². The van der Waals surface area contributed by atoms with Crippen molar-refractivity contribution in [3.8, 4) is 0 Å². The molecule has 1 atom stereocenters. The summed E-state index contributed by atoms with van der Waals surface area (Å²) in [5.74, 6) is 0.800. The van der Waals surface area contributed by atoms with Gasteiger partial charge in [0.05, 0.1) is 36.8 Å². The molecule has 9 nitrogen and oxygen atoms in total. The maximum Gasteiger partial charge on any atom is 0.416 e. The number of rotatable bonds is 7. The Morgan fingerprint density at radius 2 is 2.00 bits per heavy atom. The van der Waals surface area contributed by atoms with Crippen molar-refractivity contribution in [2.75, 3.05) is 38.2 Å². The number of allylic oxidation sites excluding steroid dienone is 1. The second-order valence-corrected chi connectivity index (χ2v) is 8.37. The summed E-state index contributed by atoms with van der Waals surface area (Å²) in [7, 11) is 0. The summed E-state index contributed by atoms with van der Waals surface area (Å²) in [6, 6.07) is 3.45. The minimum atomic E-state index is -4.58. The van der Waals surface area contributed by atoms with E-state index in [-0.39, 0.29) is 35.9 Å². The molecule has 0 amide bonds. The van der Waals surface area contributed by atoms with Gasteiger partial charge in [0.2, 0.25) is 0 Å². The number of alkyl halides is 3. The van der Waals surface area contributed by atoms with Crippen LogP contribution in [0, 0.1) is 0 Å². The van der Waals surface area contributed by atoms with Gasteiger partial charge in [-0.1, -0.05) is 12.6 Å². The van der Waals surface area contributed by atoms with E-state index >= 15 is 0 Å². The number of hydrogen-bond donors (Lipinski definition) is 5. The molecule has 3 rings (SSSR count). The van der Waals surface area contributed by atoms with Crippen molar-refractivity contribution in [1.82, 2.24) is 15.2 Å². The molecule has 7 N–H and O–H groups in total. The number of aliphatic hydroxyl groups excluding tert-OH is 1. The molecular formula is C23H32F3N7O2. The molecule has 35 heavy (non-hydrogen) atoms. The first kappa shape index (κ1) is 26.4. The summed E-state index contributed by atoms with van der Waals surface area (Å²) in [6.07, 6.45) is -2.88. The topological polar surface area (TPSA) is 124 Å². The van der Waals surface area contributed by atoms with Gasteiger partial charge in [-0.25, -0.2) is 5.01 Å². The third-order valence-corrected chi connectivity index (χ3v) is 5.63. The Hall–Kier alpha value is -3.22. The zero-order chi connectivity index (χ0) is 25.8. The summed E-state index contributed by atoms with van der Waals surface area (Å²) in [5, 5.41) is 21.3. The lowest BCUT2D eigenvalue weighted by atomic mass is 10.0. The number of nitrogens with zero attached hydrogens (tertiary/aromatic N) is 3. The van der Waals surface area contributed by atoms with Crippen molar-refractivity contribution in [1.29, 1.82) is 0 Å². The zero-order valence-electron chi connectivity index (χ0n) is 19.8. The van der Waals surface area contributed by atoms with E-state index in [9.17, 15) is 18.3 Å². The Morgan fingerprint density at radius 1 is 1.31 bits per heavy atom. The van der Waals surface area contributed by atoms with E-state index in [0.717, 1.165) is 6.07 Å². The van der Waals surface area contributed by atoms with Crippen LogP contribution in [0.15, 0.2) is 58.9 Å². The van der Waals surface area contributed by atoms with Crippen LogP contribution in [0.5, 0.6) is 0 Å². The number of nitrogens with one attached hydrogen (secondary N) is 2. The Morgan fingerprint density at radius 3 is 2.60 bits per heavy atom. The van der Waals surface area contributed by atoms with E-state index in [2.05, 4.69) is 22.3 Å². The van der Waals surface area contributed by atoms with Crippen molar-refractivity contribution >= 4 is 11.5 Å². The fourth-order valence-corrected chi connectivity index (χ4v) is 3.62. The monoisotopic (exact) mass is 495 g/mol. The number of anilines is 1. The van der Waals surface area contributed by atoms with E-state index < -0.39 is 17.8 Å². The lowest BCUT2D eigenvalue weighted by Gasteiger charge is -2.35. The summed E-state index contributed by atoms with van der Waals surface area (Å²) in [4.78, 5) is 2.00. The molecule has 0 radical (unpaired) electrons. The fraction of sp³-hybridized carbons (Fsp3) is 0.435. The molecule has 0 aromatic heterocycles. The van der Waals surface area contributed by atoms with Crippen LogP contribution >= 0.6 is 0 Å². The number of benzene rings is 1. The second-order valence-electron chi connectivity index (χ2n) is 8.37. The minimum absolute atomic E-state index is 0.0254. The van der Waals surface area contributed by atoms with Gasteiger partial charge in [-0.05, 0) is 26.0 Å². The molecule has 2 aliphatic heterocycles. The third kappa shape index (κ3) is 6.27. The molecule has 0 aliphatic carbocycles. The number of hydrazone groups is 1. The Balaban J connectivity index is 2.00. The highest BCUT2D eigenvalue weighted by molar-refractivity contribution is 5.95. The summed E-state index contributed by atoms with van der Waals surface area (Å²) in [5.41, 5.74) is 12.7. The molecule has 1 aromatic carbocycles. The van der Waals surface area contributed by atoms with Crippen molar-refractivity contribution in [3.63, 3.8) is 0 Å². The predicted molar refractivity (Wildman–Crippen MR) is 128 cm³/mol. The lowest BCUT2D eigenvalue weighted by Crippen LogP contribution is -2.43. The average molecular weight is 496 g/mol. The molecule has 1 unspecified atom stereocenters. The number of amidine groups is 1. The normalized spacial score (nSPS) is 18.6. The van der Waals surface area contributed by atoms with Crippen molar-refractivity contribution in [2.45, 2.75) is 32.6 Å². The molecule has 1 saturated heterocycles. The molecule has 0 saturated carbocycles. The SMILES string of the molecule is C=C1C(N)=CC(N2CCOCC2)=NN1/C(Nc1cccc(C(F)(F)F)c1CNC(C)CO)=C(/C)N. The maximum absolute atomic E-state index is 13.8. The smallest absolute Gasteiger partial charge is 0.399 e. The first-order chi connectivity index (χ1) is 16.5. The summed E-state index contributed by atoms with van der Waals surface area (Å²) in [6.45, 7) is 9.21. The summed E-state index contributed by atoms with van der Waals surface area (Å²) < 4.78 is 46.9. The first-order valence-corrected chi connectivity index (χ1v) is 11.2. The molecule has 1 fully saturated rings. The van der Waals surface area contributed by atoms with Gasteiger partial charge in [0, 0.05) is 48.7 Å². The van der Waals surface area contributed by atoms with Gasteiger partial charge in [0.25, 0.3) is 0 Å². The molecule has 1 aromatic rings. The standard InChI is InChI=1S/C23H32F3N7O2/c1-14(13-34)29-12-17-18(23(24,25)26)5-4-6-20(17)30-22(15(2)27)33-16(3)19(28)11-21(31-33)32-7-9-35-10-8-32/h4-6,11,14,29-30,34H,3,7-10,12-13,27-28H2,1-2H3/b22-15-. The highest BCUT2D eigenvalue weighted by atomic mass is 19.4. The molecular weight excluding hydrogens is 463 g/mol. The molecule has 12 heteroatoms. The molecule has 2 heterocycles. The van der Waals surface area contributed by atoms with Crippen molar-refractivity contribution in [3.05, 3.63) is 64.9 Å². The number of halogens is 3. The number of nitrogens with two attached hydrogens (primary N) is 2. The van der Waals surface area contributed by atoms with E-state index in [4.69, 9.17) is 16.2 Å². The Bertz CT molecular complexity index is 1030. The van der Waals surface area contributed by atoms with Gasteiger partial charge in [0.15, 0.2) is 11.7 Å². The van der Waals surface area contributed by atoms with E-state index in [1.807, 2.05) is 4.90 Å². The number of aliphatic hydroxyl groups is 1. The van der Waals surface area contributed by atoms with Crippen LogP contribution in [0.2, 0.25) is 0 Å². The van der Waals surface area contributed by atoms with E-state index in [1.165, 1.54) is 17.1 Å². The Kier molecular flexibility index (Phi) is 8.30. The zero-order valence-corrected chi connectivity index (χ0v) is 19.8. The molecule has 0 bridgehead atoms. The van der Waals surface area contributed by atoms with Gasteiger partial charge < -0.3 is 36.8 Å². The quantitative estimate of drug-likeness (QED) is 0.389. The highest BCUT2D eigenvalue weighted by Gasteiger charge is 2.35. The van der Waals surface area contributed by atoms with Crippen LogP contribution in [0.1, 0.15) is 25.0 Å². The van der Waals surface area contributed by atoms with Crippen LogP contribution in [0.4, 0.5) is 18.9 Å². The first-order valence-electron chi connectivity index (χ1n) is 11.2. The second kappa shape index (κ2) is 11.0. The van der Waals surface area contributed by atoms with Crippen LogP contribution < -0.4 is 22.1 Å². The molecule has 192 valence electrons. The minimum Gasteiger partial charge on any atom is -0.399 e. The average Bonchev–Trinajstić information content (AvgIpc) is 2.82. The third-order valence-electron chi connectivity index (χ3n) is 5.63. The summed E-state index contributed by atoms with van der Waals surface area (Å²) >= 11 is 0. The number of hydrogen-bond acceptors (Lipinski definition) is 9. The van der Waals surface area contributed by atoms with Gasteiger partial charge in [-0.2, -0.15) is 13.2 Å². The van der Waals surface area contributed by atoms with Crippen LogP contribution in [0.3, 0.4) is 0 Å². The molecule has 2 aliphatic rings. The molecule has 0 spiro atoms. The van der Waals surface area contributed by atoms with Crippen molar-refractivity contribution in [2.24, 2.45) is 16.6 Å². The highest BCUT2D eigenvalue weighted by Crippen LogP contribution is 2.36. The van der Waals surface area contributed by atoms with Crippen molar-refractivity contribution < 1.29 is 23.0 Å². The van der Waals surface area contributed by atoms with E-state index in [0.29, 0.717) is 43.5 Å².